The fraction of sp³-hybridized carbons (Fsp3) is 1.00. The first-order valence-corrected chi connectivity index (χ1v) is 7.35. The average Bonchev–Trinajstić information content (AvgIpc) is 2.18. The van der Waals surface area contributed by atoms with Gasteiger partial charge in [0.2, 0.25) is 0 Å². The molecule has 0 radical (unpaired) electrons. The minimum Gasteiger partial charge on any atom is -0.315 e. The summed E-state index contributed by atoms with van der Waals surface area (Å²) in [4.78, 5) is 0. The fourth-order valence-corrected chi connectivity index (χ4v) is 4.17. The van der Waals surface area contributed by atoms with Crippen LogP contribution in [0.4, 0.5) is 0 Å². The second kappa shape index (κ2) is 4.01. The van der Waals surface area contributed by atoms with Gasteiger partial charge in [-0.3, -0.25) is 0 Å². The highest BCUT2D eigenvalue weighted by molar-refractivity contribution is 7.91. The summed E-state index contributed by atoms with van der Waals surface area (Å²) in [5.41, 5.74) is -0.253. The summed E-state index contributed by atoms with van der Waals surface area (Å²) < 4.78 is 23.5. The molecular weight excluding hydrogens is 214 g/mol. The van der Waals surface area contributed by atoms with Gasteiger partial charge in [-0.2, -0.15) is 0 Å². The van der Waals surface area contributed by atoms with Crippen molar-refractivity contribution in [2.45, 2.75) is 17.2 Å². The number of nitrogens with one attached hydrogen (secondary N) is 3. The molecule has 0 aliphatic carbocycles. The number of hydrogen-bond donors (Lipinski definition) is 3. The zero-order valence-corrected chi connectivity index (χ0v) is 9.86. The number of hydrogen-bond acceptors (Lipinski definition) is 5. The lowest BCUT2D eigenvalue weighted by Crippen LogP contribution is -2.71. The quantitative estimate of drug-likeness (QED) is 0.505. The van der Waals surface area contributed by atoms with E-state index in [0.717, 1.165) is 32.6 Å². The molecule has 0 aromatic heterocycles. The standard InChI is InChI=1S/C9H19N3O2S/c1-15(13,14)8-6-10-3-2-9(8)7-11-4-5-12-9/h8,10-12H,2-7H2,1H3. The summed E-state index contributed by atoms with van der Waals surface area (Å²) >= 11 is 0. The largest absolute Gasteiger partial charge is 0.315 e. The smallest absolute Gasteiger partial charge is 0.153 e. The van der Waals surface area contributed by atoms with E-state index in [4.69, 9.17) is 0 Å². The summed E-state index contributed by atoms with van der Waals surface area (Å²) in [6.07, 6.45) is 2.21. The number of rotatable bonds is 1. The Balaban J connectivity index is 2.25. The van der Waals surface area contributed by atoms with Gasteiger partial charge in [-0.05, 0) is 13.0 Å². The average molecular weight is 233 g/mol. The molecule has 2 heterocycles. The van der Waals surface area contributed by atoms with Crippen molar-refractivity contribution < 1.29 is 8.42 Å². The lowest BCUT2D eigenvalue weighted by Gasteiger charge is -2.46. The Hall–Kier alpha value is -0.170. The van der Waals surface area contributed by atoms with Crippen molar-refractivity contribution in [3.63, 3.8) is 0 Å². The molecule has 2 atom stereocenters. The molecule has 0 aromatic rings. The molecular formula is C9H19N3O2S. The minimum absolute atomic E-state index is 0.253. The second-order valence-corrected chi connectivity index (χ2v) is 6.76. The number of piperidine rings is 1. The van der Waals surface area contributed by atoms with Crippen LogP contribution in [-0.4, -0.2) is 58.2 Å². The van der Waals surface area contributed by atoms with E-state index < -0.39 is 9.84 Å². The van der Waals surface area contributed by atoms with Gasteiger partial charge < -0.3 is 16.0 Å². The zero-order valence-electron chi connectivity index (χ0n) is 9.04. The van der Waals surface area contributed by atoms with E-state index >= 15 is 0 Å². The maximum atomic E-state index is 11.8. The Morgan fingerprint density at radius 1 is 1.20 bits per heavy atom. The van der Waals surface area contributed by atoms with Crippen LogP contribution in [0.25, 0.3) is 0 Å². The third kappa shape index (κ3) is 2.18. The first-order valence-electron chi connectivity index (χ1n) is 5.40. The highest BCUT2D eigenvalue weighted by Crippen LogP contribution is 2.24. The SMILES string of the molecule is CS(=O)(=O)C1CNCCC12CNCCN2. The van der Waals surface area contributed by atoms with Crippen LogP contribution in [0.2, 0.25) is 0 Å². The summed E-state index contributed by atoms with van der Waals surface area (Å²) in [7, 11) is -3.00. The fourth-order valence-electron chi connectivity index (χ4n) is 2.64. The molecule has 2 aliphatic rings. The lowest BCUT2D eigenvalue weighted by atomic mass is 9.86. The van der Waals surface area contributed by atoms with Gasteiger partial charge in [-0.1, -0.05) is 0 Å². The third-order valence-electron chi connectivity index (χ3n) is 3.43. The Morgan fingerprint density at radius 2 is 2.00 bits per heavy atom. The van der Waals surface area contributed by atoms with Crippen molar-refractivity contribution in [1.82, 2.24) is 16.0 Å². The number of piperazine rings is 1. The van der Waals surface area contributed by atoms with Crippen LogP contribution in [0.1, 0.15) is 6.42 Å². The molecule has 3 N–H and O–H groups in total. The maximum absolute atomic E-state index is 11.8. The predicted octanol–water partition coefficient (Wildman–Crippen LogP) is -1.68. The van der Waals surface area contributed by atoms with Gasteiger partial charge in [0, 0.05) is 32.4 Å². The van der Waals surface area contributed by atoms with E-state index in [9.17, 15) is 8.42 Å². The predicted molar refractivity (Wildman–Crippen MR) is 59.7 cm³/mol. The van der Waals surface area contributed by atoms with Gasteiger partial charge in [0.05, 0.1) is 10.8 Å². The summed E-state index contributed by atoms with van der Waals surface area (Å²) in [6, 6.07) is 0. The van der Waals surface area contributed by atoms with Crippen LogP contribution in [0.3, 0.4) is 0 Å². The first kappa shape index (κ1) is 11.3. The van der Waals surface area contributed by atoms with Gasteiger partial charge >= 0.3 is 0 Å². The molecule has 0 saturated carbocycles. The second-order valence-electron chi connectivity index (χ2n) is 4.53. The molecule has 0 aromatic carbocycles. The van der Waals surface area contributed by atoms with E-state index in [1.165, 1.54) is 6.26 Å². The van der Waals surface area contributed by atoms with Gasteiger partial charge in [-0.25, -0.2) is 8.42 Å². The van der Waals surface area contributed by atoms with Crippen LogP contribution in [0.5, 0.6) is 0 Å². The van der Waals surface area contributed by atoms with Crippen molar-refractivity contribution >= 4 is 9.84 Å². The molecule has 88 valence electrons. The highest BCUT2D eigenvalue weighted by atomic mass is 32.2. The van der Waals surface area contributed by atoms with Crippen molar-refractivity contribution in [1.29, 1.82) is 0 Å². The minimum atomic E-state index is -3.00. The molecule has 0 bridgehead atoms. The van der Waals surface area contributed by atoms with Crippen LogP contribution < -0.4 is 16.0 Å². The van der Waals surface area contributed by atoms with Crippen molar-refractivity contribution in [2.75, 3.05) is 39.0 Å². The van der Waals surface area contributed by atoms with Gasteiger partial charge in [-0.15, -0.1) is 0 Å². The van der Waals surface area contributed by atoms with Crippen molar-refractivity contribution in [3.8, 4) is 0 Å². The van der Waals surface area contributed by atoms with E-state index in [1.807, 2.05) is 0 Å². The van der Waals surface area contributed by atoms with E-state index in [1.54, 1.807) is 0 Å². The molecule has 2 saturated heterocycles. The molecule has 0 amide bonds. The Labute approximate surface area is 90.9 Å². The molecule has 6 heteroatoms. The van der Waals surface area contributed by atoms with Gasteiger partial charge in [0.15, 0.2) is 9.84 Å². The Kier molecular flexibility index (Phi) is 3.03. The van der Waals surface area contributed by atoms with Crippen LogP contribution >= 0.6 is 0 Å². The Morgan fingerprint density at radius 3 is 2.60 bits per heavy atom. The van der Waals surface area contributed by atoms with Crippen molar-refractivity contribution in [2.24, 2.45) is 0 Å². The van der Waals surface area contributed by atoms with Crippen LogP contribution in [-0.2, 0) is 9.84 Å². The lowest BCUT2D eigenvalue weighted by molar-refractivity contribution is 0.212. The maximum Gasteiger partial charge on any atom is 0.153 e. The monoisotopic (exact) mass is 233 g/mol. The third-order valence-corrected chi connectivity index (χ3v) is 5.08. The van der Waals surface area contributed by atoms with Gasteiger partial charge in [0.1, 0.15) is 0 Å². The van der Waals surface area contributed by atoms with E-state index in [2.05, 4.69) is 16.0 Å². The molecule has 2 rings (SSSR count). The first-order chi connectivity index (χ1) is 7.05. The molecule has 1 spiro atoms. The normalized spacial score (nSPS) is 38.1. The van der Waals surface area contributed by atoms with Gasteiger partial charge in [0.25, 0.3) is 0 Å². The topological polar surface area (TPSA) is 70.2 Å². The summed E-state index contributed by atoms with van der Waals surface area (Å²) in [6.45, 7) is 3.98. The summed E-state index contributed by atoms with van der Waals surface area (Å²) in [5, 5.41) is 9.55. The molecule has 2 unspecified atom stereocenters. The van der Waals surface area contributed by atoms with E-state index in [-0.39, 0.29) is 10.8 Å². The van der Waals surface area contributed by atoms with E-state index in [0.29, 0.717) is 6.54 Å². The zero-order chi connectivity index (χ0) is 10.9. The molecule has 2 fully saturated rings. The van der Waals surface area contributed by atoms with Crippen LogP contribution in [0.15, 0.2) is 0 Å². The van der Waals surface area contributed by atoms with Crippen LogP contribution in [0, 0.1) is 0 Å². The summed E-state index contributed by atoms with van der Waals surface area (Å²) in [5.74, 6) is 0. The number of sulfone groups is 1. The highest BCUT2D eigenvalue weighted by Gasteiger charge is 2.46. The molecule has 2 aliphatic heterocycles. The van der Waals surface area contributed by atoms with Crippen molar-refractivity contribution in [3.05, 3.63) is 0 Å². The molecule has 15 heavy (non-hydrogen) atoms. The molecule has 5 nitrogen and oxygen atoms in total. The Bertz CT molecular complexity index is 314.